The number of nitrogens with zero attached hydrogens (tertiary/aromatic N) is 2. The summed E-state index contributed by atoms with van der Waals surface area (Å²) >= 11 is 5.06. The van der Waals surface area contributed by atoms with Crippen molar-refractivity contribution in [2.75, 3.05) is 18.4 Å². The Morgan fingerprint density at radius 3 is 2.65 bits per heavy atom. The van der Waals surface area contributed by atoms with Crippen LogP contribution in [-0.2, 0) is 17.8 Å². The first-order valence-electron chi connectivity index (χ1n) is 8.62. The van der Waals surface area contributed by atoms with Gasteiger partial charge in [0.15, 0.2) is 5.96 Å². The van der Waals surface area contributed by atoms with E-state index in [4.69, 9.17) is 0 Å². The first kappa shape index (κ1) is 20.4. The van der Waals surface area contributed by atoms with E-state index >= 15 is 0 Å². The summed E-state index contributed by atoms with van der Waals surface area (Å²) in [6.07, 6.45) is 3.26. The zero-order chi connectivity index (χ0) is 18.8. The van der Waals surface area contributed by atoms with E-state index in [-0.39, 0.29) is 5.91 Å². The number of anilines is 1. The summed E-state index contributed by atoms with van der Waals surface area (Å²) in [5.74, 6) is 0.653. The number of aromatic nitrogens is 1. The van der Waals surface area contributed by atoms with E-state index in [1.807, 2.05) is 37.4 Å². The molecule has 0 aliphatic carbocycles. The molecule has 2 aromatic rings. The molecule has 0 spiro atoms. The number of aryl methyl sites for hydroxylation is 1. The molecule has 6 nitrogen and oxygen atoms in total. The number of carbonyl (C=O) groups is 1. The van der Waals surface area contributed by atoms with E-state index in [1.54, 1.807) is 11.3 Å². The van der Waals surface area contributed by atoms with Crippen molar-refractivity contribution in [3.05, 3.63) is 44.8 Å². The molecule has 0 bridgehead atoms. The van der Waals surface area contributed by atoms with Gasteiger partial charge in [-0.3, -0.25) is 4.79 Å². The van der Waals surface area contributed by atoms with Gasteiger partial charge < -0.3 is 16.0 Å². The molecule has 0 saturated carbocycles. The van der Waals surface area contributed by atoms with E-state index < -0.39 is 0 Å². The largest absolute Gasteiger partial charge is 0.357 e. The molecule has 3 N–H and O–H groups in total. The van der Waals surface area contributed by atoms with Gasteiger partial charge in [0.05, 0.1) is 6.54 Å². The number of rotatable bonds is 8. The number of amides is 1. The number of guanidine groups is 1. The van der Waals surface area contributed by atoms with Crippen LogP contribution in [0.3, 0.4) is 0 Å². The minimum Gasteiger partial charge on any atom is -0.357 e. The van der Waals surface area contributed by atoms with Gasteiger partial charge in [-0.1, -0.05) is 22.9 Å². The first-order chi connectivity index (χ1) is 12.6. The lowest BCUT2D eigenvalue weighted by atomic mass is 10.3. The Hall–Kier alpha value is -1.93. The maximum absolute atomic E-state index is 12.0. The number of nitrogens with one attached hydrogen (secondary N) is 3. The maximum Gasteiger partial charge on any atom is 0.226 e. The standard InChI is InChI=1S/C18H24BrN5OS/c1-3-15-11-22-17(26-15)12-23-18(20-4-2)21-10-9-16(25)24-14-7-5-13(19)6-8-14/h5-8,11H,3-4,9-10,12H2,1-2H3,(H,24,25)(H2,20,21,23). The SMILES string of the molecule is CCNC(=NCc1ncc(CC)s1)NCCC(=O)Nc1ccc(Br)cc1. The predicted octanol–water partition coefficient (Wildman–Crippen LogP) is 3.55. The number of carbonyl (C=O) groups excluding carboxylic acids is 1. The highest BCUT2D eigenvalue weighted by Crippen LogP contribution is 2.15. The molecule has 0 radical (unpaired) electrons. The van der Waals surface area contributed by atoms with Crippen molar-refractivity contribution in [1.29, 1.82) is 0 Å². The predicted molar refractivity (Wildman–Crippen MR) is 112 cm³/mol. The molecule has 0 aliphatic rings. The van der Waals surface area contributed by atoms with Crippen LogP contribution in [0.15, 0.2) is 39.9 Å². The van der Waals surface area contributed by atoms with Crippen LogP contribution >= 0.6 is 27.3 Å². The summed E-state index contributed by atoms with van der Waals surface area (Å²) in [5.41, 5.74) is 0.786. The zero-order valence-electron chi connectivity index (χ0n) is 15.0. The van der Waals surface area contributed by atoms with Gasteiger partial charge in [0.1, 0.15) is 5.01 Å². The van der Waals surface area contributed by atoms with Crippen molar-refractivity contribution in [2.45, 2.75) is 33.2 Å². The van der Waals surface area contributed by atoms with Gasteiger partial charge in [-0.25, -0.2) is 9.98 Å². The van der Waals surface area contributed by atoms with Gasteiger partial charge in [-0.05, 0) is 37.6 Å². The van der Waals surface area contributed by atoms with Gasteiger partial charge >= 0.3 is 0 Å². The monoisotopic (exact) mass is 437 g/mol. The minimum absolute atomic E-state index is 0.0387. The van der Waals surface area contributed by atoms with E-state index in [0.29, 0.717) is 25.5 Å². The van der Waals surface area contributed by atoms with Crippen molar-refractivity contribution in [3.63, 3.8) is 0 Å². The Kier molecular flexibility index (Phi) is 8.57. The van der Waals surface area contributed by atoms with Gasteiger partial charge in [0.25, 0.3) is 0 Å². The first-order valence-corrected chi connectivity index (χ1v) is 10.2. The molecule has 0 unspecified atom stereocenters. The minimum atomic E-state index is -0.0387. The molecule has 1 amide bonds. The Balaban J connectivity index is 1.78. The highest BCUT2D eigenvalue weighted by molar-refractivity contribution is 9.10. The van der Waals surface area contributed by atoms with Gasteiger partial charge in [-0.2, -0.15) is 0 Å². The number of hydrogen-bond acceptors (Lipinski definition) is 4. The summed E-state index contributed by atoms with van der Waals surface area (Å²) in [6, 6.07) is 7.51. The van der Waals surface area contributed by atoms with E-state index in [2.05, 4.69) is 48.8 Å². The van der Waals surface area contributed by atoms with Crippen LogP contribution in [0.25, 0.3) is 0 Å². The number of halogens is 1. The van der Waals surface area contributed by atoms with Crippen molar-refractivity contribution in [3.8, 4) is 0 Å². The lowest BCUT2D eigenvalue weighted by molar-refractivity contribution is -0.116. The van der Waals surface area contributed by atoms with Crippen molar-refractivity contribution in [2.24, 2.45) is 4.99 Å². The number of aliphatic imine (C=N–C) groups is 1. The van der Waals surface area contributed by atoms with Crippen molar-refractivity contribution >= 4 is 44.8 Å². The second kappa shape index (κ2) is 10.9. The van der Waals surface area contributed by atoms with Crippen LogP contribution < -0.4 is 16.0 Å². The molecule has 26 heavy (non-hydrogen) atoms. The lowest BCUT2D eigenvalue weighted by Crippen LogP contribution is -2.38. The average Bonchev–Trinajstić information content (AvgIpc) is 3.10. The fraction of sp³-hybridized carbons (Fsp3) is 0.389. The Bertz CT molecular complexity index is 729. The summed E-state index contributed by atoms with van der Waals surface area (Å²) < 4.78 is 0.981. The van der Waals surface area contributed by atoms with Crippen LogP contribution in [0.1, 0.15) is 30.2 Å². The molecule has 1 aromatic carbocycles. The van der Waals surface area contributed by atoms with Crippen LogP contribution in [0, 0.1) is 0 Å². The molecule has 0 fully saturated rings. The van der Waals surface area contributed by atoms with E-state index in [9.17, 15) is 4.79 Å². The molecule has 0 saturated heterocycles. The van der Waals surface area contributed by atoms with E-state index in [1.165, 1.54) is 4.88 Å². The van der Waals surface area contributed by atoms with Crippen LogP contribution in [0.4, 0.5) is 5.69 Å². The average molecular weight is 438 g/mol. The highest BCUT2D eigenvalue weighted by Gasteiger charge is 2.05. The molecule has 0 atom stereocenters. The van der Waals surface area contributed by atoms with Gasteiger partial charge in [0.2, 0.25) is 5.91 Å². The molecule has 140 valence electrons. The van der Waals surface area contributed by atoms with Crippen LogP contribution in [-0.4, -0.2) is 29.9 Å². The quantitative estimate of drug-likeness (QED) is 0.435. The van der Waals surface area contributed by atoms with Crippen LogP contribution in [0.5, 0.6) is 0 Å². The summed E-state index contributed by atoms with van der Waals surface area (Å²) in [5, 5.41) is 10.2. The fourth-order valence-electron chi connectivity index (χ4n) is 2.12. The third-order valence-corrected chi connectivity index (χ3v) is 5.09. The summed E-state index contributed by atoms with van der Waals surface area (Å²) in [7, 11) is 0. The highest BCUT2D eigenvalue weighted by atomic mass is 79.9. The molecule has 2 rings (SSSR count). The fourth-order valence-corrected chi connectivity index (χ4v) is 3.18. The second-order valence-corrected chi connectivity index (χ2v) is 7.62. The molecular formula is C18H24BrN5OS. The molecule has 1 aromatic heterocycles. The van der Waals surface area contributed by atoms with E-state index in [0.717, 1.165) is 28.1 Å². The number of hydrogen-bond donors (Lipinski definition) is 3. The molecule has 0 aliphatic heterocycles. The normalized spacial score (nSPS) is 11.3. The van der Waals surface area contributed by atoms with Gasteiger partial charge in [0, 0.05) is 40.7 Å². The molecule has 8 heteroatoms. The van der Waals surface area contributed by atoms with Gasteiger partial charge in [-0.15, -0.1) is 11.3 Å². The second-order valence-electron chi connectivity index (χ2n) is 5.50. The third-order valence-electron chi connectivity index (χ3n) is 3.44. The Labute approximate surface area is 166 Å². The maximum atomic E-state index is 12.0. The smallest absolute Gasteiger partial charge is 0.226 e. The molecule has 1 heterocycles. The summed E-state index contributed by atoms with van der Waals surface area (Å²) in [4.78, 5) is 22.2. The third kappa shape index (κ3) is 7.13. The number of thiazole rings is 1. The topological polar surface area (TPSA) is 78.4 Å². The van der Waals surface area contributed by atoms with Crippen LogP contribution in [0.2, 0.25) is 0 Å². The number of benzene rings is 1. The lowest BCUT2D eigenvalue weighted by Gasteiger charge is -2.11. The molecular weight excluding hydrogens is 414 g/mol. The Morgan fingerprint density at radius 2 is 2.00 bits per heavy atom. The van der Waals surface area contributed by atoms with Crippen molar-refractivity contribution < 1.29 is 4.79 Å². The Morgan fingerprint density at radius 1 is 1.23 bits per heavy atom. The van der Waals surface area contributed by atoms with Crippen molar-refractivity contribution in [1.82, 2.24) is 15.6 Å². The zero-order valence-corrected chi connectivity index (χ0v) is 17.4. The summed E-state index contributed by atoms with van der Waals surface area (Å²) in [6.45, 7) is 5.92.